The van der Waals surface area contributed by atoms with Gasteiger partial charge in [0.1, 0.15) is 0 Å². The van der Waals surface area contributed by atoms with Gasteiger partial charge in [0.15, 0.2) is 0 Å². The molecule has 4 rings (SSSR count). The zero-order valence-electron chi connectivity index (χ0n) is 20.0. The zero-order chi connectivity index (χ0) is 24.9. The molecule has 1 saturated heterocycles. The fourth-order valence-electron chi connectivity index (χ4n) is 4.74. The maximum atomic E-state index is 13.4. The van der Waals surface area contributed by atoms with Crippen molar-refractivity contribution in [2.24, 2.45) is 0 Å². The van der Waals surface area contributed by atoms with Gasteiger partial charge < -0.3 is 19.5 Å². The molecule has 1 aliphatic rings. The quantitative estimate of drug-likeness (QED) is 0.398. The lowest BCUT2D eigenvalue weighted by Gasteiger charge is -2.34. The average molecular weight is 479 g/mol. The van der Waals surface area contributed by atoms with Crippen LogP contribution in [-0.2, 0) is 16.0 Å². The van der Waals surface area contributed by atoms with Gasteiger partial charge in [-0.2, -0.15) is 0 Å². The molecule has 2 heterocycles. The maximum absolute atomic E-state index is 13.4. The number of nitro groups is 1. The third-order valence-electron chi connectivity index (χ3n) is 6.61. The smallest absolute Gasteiger partial charge is 0.409 e. The van der Waals surface area contributed by atoms with Crippen molar-refractivity contribution >= 4 is 28.6 Å². The van der Waals surface area contributed by atoms with E-state index in [9.17, 15) is 19.7 Å². The summed E-state index contributed by atoms with van der Waals surface area (Å²) < 4.78 is 5.06. The lowest BCUT2D eigenvalue weighted by Crippen LogP contribution is -2.50. The van der Waals surface area contributed by atoms with E-state index in [4.69, 9.17) is 4.74 Å². The van der Waals surface area contributed by atoms with E-state index in [2.05, 4.69) is 18.0 Å². The number of nitrogens with zero attached hydrogens (tertiary/aromatic N) is 3. The zero-order valence-corrected chi connectivity index (χ0v) is 20.0. The standard InChI is InChI=1S/C26H30N4O5/c1-3-18-7-6-10-21-23(17-27-25(18)21)22(19-8-5-9-20(15-19)30(33)34)16-24(31)28-11-13-29(14-12-28)26(32)35-4-2/h5-10,15,17,22,27H,3-4,11-14,16H2,1-2H3. The molecule has 2 amide bonds. The van der Waals surface area contributed by atoms with Crippen molar-refractivity contribution in [1.29, 1.82) is 0 Å². The number of aromatic amines is 1. The van der Waals surface area contributed by atoms with Gasteiger partial charge in [0, 0.05) is 67.8 Å². The van der Waals surface area contributed by atoms with Crippen LogP contribution >= 0.6 is 0 Å². The molecular formula is C26H30N4O5. The number of nitro benzene ring substituents is 1. The number of H-pyrrole nitrogens is 1. The van der Waals surface area contributed by atoms with E-state index in [1.165, 1.54) is 11.6 Å². The van der Waals surface area contributed by atoms with Crippen LogP contribution in [-0.4, -0.2) is 64.5 Å². The van der Waals surface area contributed by atoms with Crippen LogP contribution in [0.5, 0.6) is 0 Å². The Hall–Kier alpha value is -3.88. The number of piperazine rings is 1. The molecule has 9 nitrogen and oxygen atoms in total. The van der Waals surface area contributed by atoms with Crippen molar-refractivity contribution < 1.29 is 19.2 Å². The minimum atomic E-state index is -0.415. The molecule has 1 N–H and O–H groups in total. The highest BCUT2D eigenvalue weighted by Gasteiger charge is 2.29. The van der Waals surface area contributed by atoms with Gasteiger partial charge in [0.2, 0.25) is 5.91 Å². The highest BCUT2D eigenvalue weighted by molar-refractivity contribution is 5.88. The summed E-state index contributed by atoms with van der Waals surface area (Å²) in [6.07, 6.45) is 2.59. The number of hydrogen-bond acceptors (Lipinski definition) is 5. The number of aromatic nitrogens is 1. The molecule has 2 aromatic carbocycles. The third-order valence-corrected chi connectivity index (χ3v) is 6.61. The number of para-hydroxylation sites is 1. The van der Waals surface area contributed by atoms with E-state index in [1.807, 2.05) is 24.4 Å². The molecule has 35 heavy (non-hydrogen) atoms. The van der Waals surface area contributed by atoms with Crippen molar-refractivity contribution in [2.45, 2.75) is 32.6 Å². The Bertz CT molecular complexity index is 1230. The van der Waals surface area contributed by atoms with Gasteiger partial charge >= 0.3 is 6.09 Å². The number of non-ortho nitro benzene ring substituents is 1. The summed E-state index contributed by atoms with van der Waals surface area (Å²) in [6.45, 7) is 5.85. The lowest BCUT2D eigenvalue weighted by molar-refractivity contribution is -0.384. The summed E-state index contributed by atoms with van der Waals surface area (Å²) in [5, 5.41) is 12.5. The monoisotopic (exact) mass is 478 g/mol. The Morgan fingerprint density at radius 1 is 1.09 bits per heavy atom. The van der Waals surface area contributed by atoms with Crippen LogP contribution in [0.25, 0.3) is 10.9 Å². The number of carbonyl (C=O) groups is 2. The summed E-state index contributed by atoms with van der Waals surface area (Å²) in [6, 6.07) is 12.6. The average Bonchev–Trinajstić information content (AvgIpc) is 3.31. The topological polar surface area (TPSA) is 109 Å². The summed E-state index contributed by atoms with van der Waals surface area (Å²) in [4.78, 5) is 43.2. The number of benzene rings is 2. The summed E-state index contributed by atoms with van der Waals surface area (Å²) in [5.74, 6) is -0.405. The highest BCUT2D eigenvalue weighted by Crippen LogP contribution is 2.36. The summed E-state index contributed by atoms with van der Waals surface area (Å²) >= 11 is 0. The Morgan fingerprint density at radius 2 is 1.80 bits per heavy atom. The Kier molecular flexibility index (Phi) is 7.33. The summed E-state index contributed by atoms with van der Waals surface area (Å²) in [5.41, 5.74) is 3.86. The van der Waals surface area contributed by atoms with Crippen LogP contribution in [0.1, 0.15) is 42.9 Å². The third kappa shape index (κ3) is 5.13. The minimum Gasteiger partial charge on any atom is -0.450 e. The number of nitrogens with one attached hydrogen (secondary N) is 1. The van der Waals surface area contributed by atoms with Crippen molar-refractivity contribution in [3.63, 3.8) is 0 Å². The summed E-state index contributed by atoms with van der Waals surface area (Å²) in [7, 11) is 0. The first-order valence-electron chi connectivity index (χ1n) is 12.0. The van der Waals surface area contributed by atoms with Crippen molar-refractivity contribution in [3.05, 3.63) is 75.5 Å². The first-order chi connectivity index (χ1) is 16.9. The number of aryl methyl sites for hydroxylation is 1. The van der Waals surface area contributed by atoms with Gasteiger partial charge in [0.25, 0.3) is 5.69 Å². The molecule has 1 atom stereocenters. The number of hydrogen-bond donors (Lipinski definition) is 1. The number of fused-ring (bicyclic) bond motifs is 1. The first-order valence-corrected chi connectivity index (χ1v) is 12.0. The maximum Gasteiger partial charge on any atom is 0.409 e. The van der Waals surface area contributed by atoms with Gasteiger partial charge in [-0.1, -0.05) is 37.3 Å². The fourth-order valence-corrected chi connectivity index (χ4v) is 4.74. The molecule has 1 fully saturated rings. The van der Waals surface area contributed by atoms with Gasteiger partial charge in [-0.15, -0.1) is 0 Å². The van der Waals surface area contributed by atoms with Crippen LogP contribution in [0.2, 0.25) is 0 Å². The molecule has 1 aromatic heterocycles. The first kappa shape index (κ1) is 24.3. The van der Waals surface area contributed by atoms with Gasteiger partial charge in [-0.25, -0.2) is 4.79 Å². The van der Waals surface area contributed by atoms with Crippen LogP contribution in [0.15, 0.2) is 48.7 Å². The van der Waals surface area contributed by atoms with Crippen molar-refractivity contribution in [2.75, 3.05) is 32.8 Å². The van der Waals surface area contributed by atoms with Crippen LogP contribution in [0.4, 0.5) is 10.5 Å². The van der Waals surface area contributed by atoms with Gasteiger partial charge in [-0.3, -0.25) is 14.9 Å². The Balaban J connectivity index is 1.63. The molecule has 0 radical (unpaired) electrons. The van der Waals surface area contributed by atoms with E-state index >= 15 is 0 Å². The molecule has 1 unspecified atom stereocenters. The van der Waals surface area contributed by atoms with E-state index in [-0.39, 0.29) is 30.0 Å². The van der Waals surface area contributed by atoms with E-state index in [1.54, 1.807) is 28.9 Å². The molecule has 0 spiro atoms. The number of rotatable bonds is 7. The number of carbonyl (C=O) groups excluding carboxylic acids is 2. The number of ether oxygens (including phenoxy) is 1. The SMILES string of the molecule is CCOC(=O)N1CCN(C(=O)CC(c2cccc([N+](=O)[O-])c2)c2c[nH]c3c(CC)cccc23)CC1. The molecule has 184 valence electrons. The molecule has 0 saturated carbocycles. The highest BCUT2D eigenvalue weighted by atomic mass is 16.6. The lowest BCUT2D eigenvalue weighted by atomic mass is 9.87. The predicted octanol–water partition coefficient (Wildman–Crippen LogP) is 4.46. The molecule has 9 heteroatoms. The van der Waals surface area contributed by atoms with E-state index in [0.717, 1.165) is 28.5 Å². The molecular weight excluding hydrogens is 448 g/mol. The van der Waals surface area contributed by atoms with E-state index < -0.39 is 4.92 Å². The van der Waals surface area contributed by atoms with Crippen molar-refractivity contribution in [1.82, 2.24) is 14.8 Å². The second-order valence-corrected chi connectivity index (χ2v) is 8.61. The minimum absolute atomic E-state index is 0.00270. The van der Waals surface area contributed by atoms with Gasteiger partial charge in [0.05, 0.1) is 11.5 Å². The predicted molar refractivity (Wildman–Crippen MR) is 132 cm³/mol. The van der Waals surface area contributed by atoms with Crippen LogP contribution < -0.4 is 0 Å². The molecule has 0 bridgehead atoms. The second kappa shape index (κ2) is 10.6. The number of amides is 2. The molecule has 0 aliphatic carbocycles. The van der Waals surface area contributed by atoms with Crippen LogP contribution in [0.3, 0.4) is 0 Å². The Morgan fingerprint density at radius 3 is 2.49 bits per heavy atom. The van der Waals surface area contributed by atoms with Gasteiger partial charge in [-0.05, 0) is 30.0 Å². The fraction of sp³-hybridized carbons (Fsp3) is 0.385. The van der Waals surface area contributed by atoms with Crippen LogP contribution in [0, 0.1) is 10.1 Å². The normalized spacial score (nSPS) is 14.7. The largest absolute Gasteiger partial charge is 0.450 e. The molecule has 3 aromatic rings. The second-order valence-electron chi connectivity index (χ2n) is 8.61. The van der Waals surface area contributed by atoms with E-state index in [0.29, 0.717) is 32.8 Å². The molecule has 1 aliphatic heterocycles. The van der Waals surface area contributed by atoms with Crippen molar-refractivity contribution in [3.8, 4) is 0 Å². The Labute approximate surface area is 203 Å².